The number of aliphatic hydroxyl groups excluding tert-OH is 1. The number of nitrogens with zero attached hydrogens (tertiary/aromatic N) is 1. The van der Waals surface area contributed by atoms with Crippen molar-refractivity contribution in [2.24, 2.45) is 0 Å². The van der Waals surface area contributed by atoms with Crippen LogP contribution >= 0.6 is 23.2 Å². The lowest BCUT2D eigenvalue weighted by atomic mass is 9.97. The number of hydrogen-bond donors (Lipinski definition) is 1. The van der Waals surface area contributed by atoms with E-state index >= 15 is 0 Å². The smallest absolute Gasteiger partial charge is 0.0834 e. The molecule has 0 fully saturated rings. The molecule has 19 heavy (non-hydrogen) atoms. The molecule has 0 bridgehead atoms. The van der Waals surface area contributed by atoms with Crippen LogP contribution in [0, 0.1) is 0 Å². The molecule has 0 amide bonds. The van der Waals surface area contributed by atoms with Crippen molar-refractivity contribution in [3.8, 4) is 0 Å². The largest absolute Gasteiger partial charge is 0.388 e. The molecular formula is C15H15Cl2NO. The summed E-state index contributed by atoms with van der Waals surface area (Å²) >= 11 is 11.9. The highest BCUT2D eigenvalue weighted by molar-refractivity contribution is 6.42. The fourth-order valence-corrected chi connectivity index (χ4v) is 2.38. The van der Waals surface area contributed by atoms with Crippen molar-refractivity contribution in [2.75, 3.05) is 0 Å². The van der Waals surface area contributed by atoms with E-state index in [2.05, 4.69) is 4.98 Å². The summed E-state index contributed by atoms with van der Waals surface area (Å²) in [5.41, 5.74) is 2.94. The number of benzene rings is 1. The summed E-state index contributed by atoms with van der Waals surface area (Å²) in [6.45, 7) is 2.05. The van der Waals surface area contributed by atoms with E-state index in [1.807, 2.05) is 19.1 Å². The summed E-state index contributed by atoms with van der Waals surface area (Å²) in [5, 5.41) is 11.4. The molecule has 0 radical (unpaired) electrons. The van der Waals surface area contributed by atoms with Crippen LogP contribution in [0.5, 0.6) is 0 Å². The van der Waals surface area contributed by atoms with E-state index in [9.17, 15) is 5.11 Å². The molecule has 2 rings (SSSR count). The Morgan fingerprint density at radius 1 is 1.21 bits per heavy atom. The molecule has 2 nitrogen and oxygen atoms in total. The van der Waals surface area contributed by atoms with E-state index < -0.39 is 6.10 Å². The van der Waals surface area contributed by atoms with Gasteiger partial charge in [-0.25, -0.2) is 0 Å². The molecule has 0 aliphatic heterocycles. The number of hydrogen-bond acceptors (Lipinski definition) is 2. The maximum Gasteiger partial charge on any atom is 0.0834 e. The van der Waals surface area contributed by atoms with Gasteiger partial charge in [-0.15, -0.1) is 0 Å². The van der Waals surface area contributed by atoms with Gasteiger partial charge in [0.2, 0.25) is 0 Å². The third-order valence-electron chi connectivity index (χ3n) is 3.09. The number of pyridine rings is 1. The van der Waals surface area contributed by atoms with Gasteiger partial charge in [0.25, 0.3) is 0 Å². The van der Waals surface area contributed by atoms with Crippen LogP contribution in [0.1, 0.15) is 29.7 Å². The van der Waals surface area contributed by atoms with Gasteiger partial charge in [-0.3, -0.25) is 4.98 Å². The van der Waals surface area contributed by atoms with Crippen LogP contribution < -0.4 is 0 Å². The van der Waals surface area contributed by atoms with E-state index in [0.717, 1.165) is 23.1 Å². The normalized spacial score (nSPS) is 12.4. The summed E-state index contributed by atoms with van der Waals surface area (Å²) in [4.78, 5) is 4.08. The average molecular weight is 296 g/mol. The van der Waals surface area contributed by atoms with Gasteiger partial charge in [0, 0.05) is 18.8 Å². The summed E-state index contributed by atoms with van der Waals surface area (Å²) in [7, 11) is 0. The second-order valence-corrected chi connectivity index (χ2v) is 5.21. The Bertz CT molecular complexity index is 572. The Morgan fingerprint density at radius 3 is 2.68 bits per heavy atom. The first-order chi connectivity index (χ1) is 9.11. The number of aryl methyl sites for hydroxylation is 1. The van der Waals surface area contributed by atoms with Crippen molar-refractivity contribution >= 4 is 23.2 Å². The predicted molar refractivity (Wildman–Crippen MR) is 78.7 cm³/mol. The summed E-state index contributed by atoms with van der Waals surface area (Å²) in [6, 6.07) is 7.28. The van der Waals surface area contributed by atoms with Crippen LogP contribution in [-0.4, -0.2) is 10.1 Å². The number of halogens is 2. The van der Waals surface area contributed by atoms with E-state index in [4.69, 9.17) is 23.2 Å². The maximum absolute atomic E-state index is 10.3. The molecule has 4 heteroatoms. The molecule has 1 aromatic heterocycles. The van der Waals surface area contributed by atoms with Gasteiger partial charge in [0.1, 0.15) is 0 Å². The zero-order chi connectivity index (χ0) is 13.8. The van der Waals surface area contributed by atoms with Crippen LogP contribution in [0.15, 0.2) is 36.7 Å². The summed E-state index contributed by atoms with van der Waals surface area (Å²) in [6.07, 6.45) is 4.30. The van der Waals surface area contributed by atoms with E-state index in [-0.39, 0.29) is 0 Å². The van der Waals surface area contributed by atoms with Crippen LogP contribution in [0.3, 0.4) is 0 Å². The Labute approximate surface area is 123 Å². The lowest BCUT2D eigenvalue weighted by Gasteiger charge is -2.14. The lowest BCUT2D eigenvalue weighted by molar-refractivity contribution is 0.177. The fraction of sp³-hybridized carbons (Fsp3) is 0.267. The van der Waals surface area contributed by atoms with E-state index in [1.54, 1.807) is 24.5 Å². The van der Waals surface area contributed by atoms with Crippen molar-refractivity contribution in [3.63, 3.8) is 0 Å². The molecular weight excluding hydrogens is 281 g/mol. The Morgan fingerprint density at radius 2 is 2.00 bits per heavy atom. The Balaban J connectivity index is 2.20. The minimum absolute atomic E-state index is 0.508. The molecule has 0 spiro atoms. The number of rotatable bonds is 4. The first-order valence-electron chi connectivity index (χ1n) is 6.16. The van der Waals surface area contributed by atoms with Gasteiger partial charge in [0.15, 0.2) is 0 Å². The molecule has 1 atom stereocenters. The fourth-order valence-electron chi connectivity index (χ4n) is 2.06. The van der Waals surface area contributed by atoms with Crippen molar-refractivity contribution in [3.05, 3.63) is 63.4 Å². The molecule has 0 saturated carbocycles. The van der Waals surface area contributed by atoms with Crippen LogP contribution in [-0.2, 0) is 12.8 Å². The topological polar surface area (TPSA) is 33.1 Å². The standard InChI is InChI=1S/C15H15Cl2NO/c1-2-11-9-18-6-5-12(11)15(19)8-10-3-4-13(16)14(17)7-10/h3-7,9,15,19H,2,8H2,1H3. The highest BCUT2D eigenvalue weighted by Gasteiger charge is 2.13. The monoisotopic (exact) mass is 295 g/mol. The van der Waals surface area contributed by atoms with E-state index in [0.29, 0.717) is 16.5 Å². The first-order valence-corrected chi connectivity index (χ1v) is 6.92. The molecule has 1 unspecified atom stereocenters. The van der Waals surface area contributed by atoms with Crippen molar-refractivity contribution in [2.45, 2.75) is 25.9 Å². The second-order valence-electron chi connectivity index (χ2n) is 4.40. The third-order valence-corrected chi connectivity index (χ3v) is 3.83. The third kappa shape index (κ3) is 3.47. The molecule has 100 valence electrons. The highest BCUT2D eigenvalue weighted by atomic mass is 35.5. The van der Waals surface area contributed by atoms with Gasteiger partial charge >= 0.3 is 0 Å². The maximum atomic E-state index is 10.3. The van der Waals surface area contributed by atoms with Crippen LogP contribution in [0.2, 0.25) is 10.0 Å². The van der Waals surface area contributed by atoms with Gasteiger partial charge in [-0.2, -0.15) is 0 Å². The van der Waals surface area contributed by atoms with E-state index in [1.165, 1.54) is 0 Å². The quantitative estimate of drug-likeness (QED) is 0.916. The van der Waals surface area contributed by atoms with Crippen molar-refractivity contribution in [1.82, 2.24) is 4.98 Å². The van der Waals surface area contributed by atoms with Gasteiger partial charge in [0.05, 0.1) is 16.1 Å². The Kier molecular flexibility index (Phi) is 4.81. The van der Waals surface area contributed by atoms with Gasteiger partial charge in [-0.05, 0) is 41.3 Å². The van der Waals surface area contributed by atoms with Gasteiger partial charge in [-0.1, -0.05) is 36.2 Å². The second kappa shape index (κ2) is 6.38. The molecule has 0 aliphatic rings. The van der Waals surface area contributed by atoms with Gasteiger partial charge < -0.3 is 5.11 Å². The molecule has 0 aliphatic carbocycles. The summed E-state index contributed by atoms with van der Waals surface area (Å²) < 4.78 is 0. The molecule has 1 heterocycles. The van der Waals surface area contributed by atoms with Crippen molar-refractivity contribution in [1.29, 1.82) is 0 Å². The van der Waals surface area contributed by atoms with Crippen LogP contribution in [0.4, 0.5) is 0 Å². The zero-order valence-electron chi connectivity index (χ0n) is 10.6. The van der Waals surface area contributed by atoms with Crippen LogP contribution in [0.25, 0.3) is 0 Å². The average Bonchev–Trinajstić information content (AvgIpc) is 2.43. The number of aromatic nitrogens is 1. The molecule has 2 aromatic rings. The molecule has 0 saturated heterocycles. The highest BCUT2D eigenvalue weighted by Crippen LogP contribution is 2.26. The summed E-state index contributed by atoms with van der Waals surface area (Å²) in [5.74, 6) is 0. The zero-order valence-corrected chi connectivity index (χ0v) is 12.1. The minimum Gasteiger partial charge on any atom is -0.388 e. The lowest BCUT2D eigenvalue weighted by Crippen LogP contribution is -2.05. The number of aliphatic hydroxyl groups is 1. The SMILES string of the molecule is CCc1cnccc1C(O)Cc1ccc(Cl)c(Cl)c1. The minimum atomic E-state index is -0.560. The predicted octanol–water partition coefficient (Wildman–Crippen LogP) is 4.23. The Hall–Kier alpha value is -1.09. The molecule has 1 aromatic carbocycles. The van der Waals surface area contributed by atoms with Crippen molar-refractivity contribution < 1.29 is 5.11 Å². The first kappa shape index (κ1) is 14.3. The molecule has 1 N–H and O–H groups in total.